The van der Waals surface area contributed by atoms with Crippen LogP contribution in [0, 0.1) is 0 Å². The summed E-state index contributed by atoms with van der Waals surface area (Å²) >= 11 is 0. The van der Waals surface area contributed by atoms with Gasteiger partial charge in [0.2, 0.25) is 12.6 Å². The van der Waals surface area contributed by atoms with E-state index in [0.29, 0.717) is 12.8 Å². The zero-order valence-electron chi connectivity index (χ0n) is 26.1. The van der Waals surface area contributed by atoms with Gasteiger partial charge in [-0.1, -0.05) is 133 Å². The number of fused-ring (bicyclic) bond motifs is 3. The Kier molecular flexibility index (Phi) is 7.70. The fraction of sp³-hybridized carbons (Fsp3) is 0.0952. The van der Waals surface area contributed by atoms with Gasteiger partial charge in [-0.15, -0.1) is 0 Å². The van der Waals surface area contributed by atoms with Gasteiger partial charge in [0.15, 0.2) is 23.0 Å². The van der Waals surface area contributed by atoms with Gasteiger partial charge in [-0.05, 0) is 71.9 Å². The third-order valence-corrected chi connectivity index (χ3v) is 13.8. The highest BCUT2D eigenvalue weighted by molar-refractivity contribution is 7.80. The van der Waals surface area contributed by atoms with Crippen LogP contribution in [0.2, 0.25) is 0 Å². The van der Waals surface area contributed by atoms with Gasteiger partial charge in [0.25, 0.3) is 0 Å². The molecule has 3 heterocycles. The van der Waals surface area contributed by atoms with Gasteiger partial charge < -0.3 is 18.9 Å². The molecule has 2 atom stereocenters. The lowest BCUT2D eigenvalue weighted by molar-refractivity contribution is 0.0483. The van der Waals surface area contributed by atoms with Gasteiger partial charge in [0, 0.05) is 24.0 Å². The van der Waals surface area contributed by atoms with Crippen molar-refractivity contribution in [3.05, 3.63) is 158 Å². The van der Waals surface area contributed by atoms with Crippen LogP contribution in [0.1, 0.15) is 12.8 Å². The summed E-state index contributed by atoms with van der Waals surface area (Å²) in [5, 5.41) is 7.43. The molecular weight excluding hydrogens is 630 g/mol. The molecule has 6 aromatic carbocycles. The monoisotopic (exact) mass is 662 g/mol. The molecule has 0 spiro atoms. The van der Waals surface area contributed by atoms with Crippen molar-refractivity contribution in [1.82, 2.24) is 0 Å². The van der Waals surface area contributed by atoms with Crippen LogP contribution in [0.3, 0.4) is 0 Å². The van der Waals surface area contributed by atoms with Crippen LogP contribution in [-0.4, -0.2) is 12.6 Å². The smallest absolute Gasteiger partial charge is 0.244 e. The molecule has 6 aromatic rings. The summed E-state index contributed by atoms with van der Waals surface area (Å²) in [7, 11) is -2.00. The van der Waals surface area contributed by atoms with Crippen LogP contribution in [0.25, 0.3) is 11.1 Å². The predicted octanol–water partition coefficient (Wildman–Crippen LogP) is 7.41. The van der Waals surface area contributed by atoms with Gasteiger partial charge in [0.1, 0.15) is 0 Å². The van der Waals surface area contributed by atoms with Crippen LogP contribution in [-0.2, 0) is 0 Å². The van der Waals surface area contributed by atoms with Crippen LogP contribution < -0.4 is 50.8 Å². The average Bonchev–Trinajstić information content (AvgIpc) is 3.76. The lowest BCUT2D eigenvalue weighted by atomic mass is 10.0. The van der Waals surface area contributed by atoms with E-state index in [2.05, 4.69) is 158 Å². The van der Waals surface area contributed by atoms with E-state index < -0.39 is 28.4 Å². The van der Waals surface area contributed by atoms with Crippen molar-refractivity contribution >= 4 is 47.7 Å². The summed E-state index contributed by atoms with van der Waals surface area (Å²) in [6, 6.07) is 52.0. The number of hydrogen-bond donors (Lipinski definition) is 0. The van der Waals surface area contributed by atoms with Crippen molar-refractivity contribution in [2.45, 2.75) is 25.4 Å². The maximum Gasteiger partial charge on any atom is 0.244 e. The summed E-state index contributed by atoms with van der Waals surface area (Å²) < 4.78 is 26.7. The van der Waals surface area contributed by atoms with E-state index >= 15 is 0 Å². The molecule has 0 amide bonds. The molecule has 0 N–H and O–H groups in total. The molecule has 0 radical (unpaired) electrons. The molecule has 0 aromatic heterocycles. The van der Waals surface area contributed by atoms with Gasteiger partial charge in [-0.25, -0.2) is 0 Å². The lowest BCUT2D eigenvalue weighted by Crippen LogP contribution is -2.26. The summed E-state index contributed by atoms with van der Waals surface area (Å²) in [6.45, 7) is 0. The first-order valence-electron chi connectivity index (χ1n) is 16.3. The largest absolute Gasteiger partial charge is 0.451 e. The predicted molar refractivity (Wildman–Crippen MR) is 198 cm³/mol. The number of benzene rings is 6. The Morgan fingerprint density at radius 1 is 0.375 bits per heavy atom. The molecule has 2 unspecified atom stereocenters. The Balaban J connectivity index is 1.39. The number of ether oxygens (including phenoxy) is 4. The van der Waals surface area contributed by atoms with Gasteiger partial charge in [0.05, 0.1) is 0 Å². The van der Waals surface area contributed by atoms with Crippen molar-refractivity contribution in [3.8, 4) is 34.1 Å². The van der Waals surface area contributed by atoms with Crippen molar-refractivity contribution in [2.24, 2.45) is 0 Å². The number of hydrogen-bond acceptors (Lipinski definition) is 4. The third-order valence-electron chi connectivity index (χ3n) is 8.83. The minimum absolute atomic E-state index is 0.412. The molecule has 4 bridgehead atoms. The Morgan fingerprint density at radius 2 is 0.708 bits per heavy atom. The van der Waals surface area contributed by atoms with E-state index in [1.54, 1.807) is 0 Å². The topological polar surface area (TPSA) is 36.9 Å². The highest BCUT2D eigenvalue weighted by atomic mass is 31.1. The van der Waals surface area contributed by atoms with E-state index in [1.165, 1.54) is 31.8 Å². The SMILES string of the molecule is C1=CCC2Oc3ccc(P(c4ccccc4)c4ccccc4)c(c3O2)-c2c(P(c3ccccc3)c3ccccc3)ccc3c2OC(C1)O3. The summed E-state index contributed by atoms with van der Waals surface area (Å²) in [6.07, 6.45) is 4.63. The van der Waals surface area contributed by atoms with Crippen molar-refractivity contribution in [1.29, 1.82) is 0 Å². The van der Waals surface area contributed by atoms with Crippen LogP contribution in [0.4, 0.5) is 0 Å². The third kappa shape index (κ3) is 5.27. The van der Waals surface area contributed by atoms with Crippen molar-refractivity contribution in [2.75, 3.05) is 0 Å². The minimum atomic E-state index is -1.00. The minimum Gasteiger partial charge on any atom is -0.451 e. The van der Waals surface area contributed by atoms with Crippen LogP contribution in [0.5, 0.6) is 23.0 Å². The average molecular weight is 663 g/mol. The summed E-state index contributed by atoms with van der Waals surface area (Å²) in [5.41, 5.74) is 2.04. The van der Waals surface area contributed by atoms with Crippen molar-refractivity contribution in [3.63, 3.8) is 0 Å². The van der Waals surface area contributed by atoms with Gasteiger partial charge >= 0.3 is 0 Å². The second kappa shape index (κ2) is 12.6. The zero-order chi connectivity index (χ0) is 31.9. The molecule has 0 saturated carbocycles. The van der Waals surface area contributed by atoms with E-state index in [0.717, 1.165) is 34.1 Å². The molecule has 0 aliphatic carbocycles. The van der Waals surface area contributed by atoms with Gasteiger partial charge in [-0.2, -0.15) is 0 Å². The first-order valence-corrected chi connectivity index (χ1v) is 19.0. The Hall–Kier alpha value is -4.88. The normalized spacial score (nSPS) is 17.1. The second-order valence-electron chi connectivity index (χ2n) is 11.9. The quantitative estimate of drug-likeness (QED) is 0.138. The Bertz CT molecular complexity index is 1870. The highest BCUT2D eigenvalue weighted by Crippen LogP contribution is 2.55. The highest BCUT2D eigenvalue weighted by Gasteiger charge is 2.38. The molecule has 3 aliphatic rings. The Morgan fingerprint density at radius 3 is 1.04 bits per heavy atom. The fourth-order valence-corrected chi connectivity index (χ4v) is 11.7. The maximum atomic E-state index is 6.83. The molecule has 3 aliphatic heterocycles. The lowest BCUT2D eigenvalue weighted by Gasteiger charge is -2.27. The van der Waals surface area contributed by atoms with Crippen molar-refractivity contribution < 1.29 is 18.9 Å². The van der Waals surface area contributed by atoms with Gasteiger partial charge in [-0.3, -0.25) is 0 Å². The van der Waals surface area contributed by atoms with Crippen LogP contribution in [0.15, 0.2) is 158 Å². The van der Waals surface area contributed by atoms with Crippen LogP contribution >= 0.6 is 15.8 Å². The molecule has 4 nitrogen and oxygen atoms in total. The molecule has 0 fully saturated rings. The molecular formula is C42H32O4P2. The van der Waals surface area contributed by atoms with E-state index in [1.807, 2.05) is 0 Å². The molecule has 48 heavy (non-hydrogen) atoms. The maximum absolute atomic E-state index is 6.83. The first-order chi connectivity index (χ1) is 23.8. The number of rotatable bonds is 6. The van der Waals surface area contributed by atoms with E-state index in [9.17, 15) is 0 Å². The Labute approximate surface area is 283 Å². The van der Waals surface area contributed by atoms with E-state index in [4.69, 9.17) is 18.9 Å². The molecule has 9 rings (SSSR count). The summed E-state index contributed by atoms with van der Waals surface area (Å²) in [4.78, 5) is 0. The standard InChI is InChI=1S/C42H32O4P2/c1-5-15-29(16-6-1)47(30-17-7-2-8-18-30)35-27-25-33-41-39(35)40-36(48(31-19-9-3-10-20-31)32-21-11-4-12-22-32)28-26-34-42(40)46-38(44-34)24-14-13-23-37(43-33)45-41/h1-22,25-28,37-38H,23-24H2. The molecule has 0 saturated heterocycles. The van der Waals surface area contributed by atoms with E-state index in [-0.39, 0.29) is 0 Å². The summed E-state index contributed by atoms with van der Waals surface area (Å²) in [5.74, 6) is 3.04. The zero-order valence-corrected chi connectivity index (χ0v) is 27.9. The molecule has 6 heteroatoms. The first kappa shape index (κ1) is 29.3. The molecule has 234 valence electrons. The fourth-order valence-electron chi connectivity index (χ4n) is 6.75. The second-order valence-corrected chi connectivity index (χ2v) is 16.2.